The van der Waals surface area contributed by atoms with E-state index < -0.39 is 5.60 Å². The second kappa shape index (κ2) is 8.11. The summed E-state index contributed by atoms with van der Waals surface area (Å²) in [5, 5.41) is 11.3. The molecule has 1 saturated heterocycles. The number of ether oxygens (including phenoxy) is 1. The van der Waals surface area contributed by atoms with E-state index in [2.05, 4.69) is 4.90 Å². The molecule has 4 heteroatoms. The van der Waals surface area contributed by atoms with Crippen LogP contribution in [0.3, 0.4) is 0 Å². The zero-order valence-electron chi connectivity index (χ0n) is 14.6. The number of halogens is 1. The molecule has 0 aliphatic carbocycles. The van der Waals surface area contributed by atoms with Gasteiger partial charge in [0.2, 0.25) is 0 Å². The second-order valence-electron chi connectivity index (χ2n) is 6.93. The zero-order chi connectivity index (χ0) is 16.9. The Bertz CT molecular complexity index is 498. The maximum absolute atomic E-state index is 13.7. The predicted molar refractivity (Wildman–Crippen MR) is 91.2 cm³/mol. The van der Waals surface area contributed by atoms with Crippen LogP contribution in [0.1, 0.15) is 51.5 Å². The molecule has 1 unspecified atom stereocenters. The fourth-order valence-electron chi connectivity index (χ4n) is 3.44. The minimum absolute atomic E-state index is 0.0230. The van der Waals surface area contributed by atoms with Crippen molar-refractivity contribution in [2.45, 2.75) is 51.6 Å². The Morgan fingerprint density at radius 1 is 1.22 bits per heavy atom. The fraction of sp³-hybridized carbons (Fsp3) is 0.684. The van der Waals surface area contributed by atoms with Gasteiger partial charge < -0.3 is 14.7 Å². The third-order valence-corrected chi connectivity index (χ3v) is 5.09. The van der Waals surface area contributed by atoms with E-state index >= 15 is 0 Å². The second-order valence-corrected chi connectivity index (χ2v) is 6.93. The summed E-state index contributed by atoms with van der Waals surface area (Å²) in [5.74, 6) is 0.193. The summed E-state index contributed by atoms with van der Waals surface area (Å²) in [5.41, 5.74) is -0.524. The van der Waals surface area contributed by atoms with Gasteiger partial charge in [0, 0.05) is 12.1 Å². The Labute approximate surface area is 139 Å². The molecule has 0 aromatic heterocycles. The van der Waals surface area contributed by atoms with Gasteiger partial charge in [-0.2, -0.15) is 0 Å². The monoisotopic (exact) mass is 323 g/mol. The molecule has 1 aliphatic rings. The van der Waals surface area contributed by atoms with Crippen LogP contribution in [-0.4, -0.2) is 36.8 Å². The molecule has 0 bridgehead atoms. The van der Waals surface area contributed by atoms with Crippen molar-refractivity contribution in [3.05, 3.63) is 29.6 Å². The zero-order valence-corrected chi connectivity index (χ0v) is 14.6. The minimum Gasteiger partial charge on any atom is -0.496 e. The first-order valence-corrected chi connectivity index (χ1v) is 8.76. The molecule has 130 valence electrons. The lowest BCUT2D eigenvalue weighted by Gasteiger charge is -2.35. The third-order valence-electron chi connectivity index (χ3n) is 5.09. The molecule has 1 aromatic carbocycles. The van der Waals surface area contributed by atoms with Crippen LogP contribution < -0.4 is 4.74 Å². The van der Waals surface area contributed by atoms with Gasteiger partial charge in [0.15, 0.2) is 0 Å². The number of hydrogen-bond acceptors (Lipinski definition) is 3. The fourth-order valence-corrected chi connectivity index (χ4v) is 3.44. The molecule has 1 atom stereocenters. The minimum atomic E-state index is -1.08. The summed E-state index contributed by atoms with van der Waals surface area (Å²) in [6, 6.07) is 4.39. The molecule has 0 saturated carbocycles. The third kappa shape index (κ3) is 4.45. The van der Waals surface area contributed by atoms with Gasteiger partial charge in [0.05, 0.1) is 12.7 Å². The summed E-state index contributed by atoms with van der Waals surface area (Å²) < 4.78 is 19.1. The van der Waals surface area contributed by atoms with E-state index in [0.717, 1.165) is 19.6 Å². The van der Waals surface area contributed by atoms with Gasteiger partial charge in [0.25, 0.3) is 0 Å². The van der Waals surface area contributed by atoms with Gasteiger partial charge in [-0.15, -0.1) is 0 Å². The molecule has 0 spiro atoms. The summed E-state index contributed by atoms with van der Waals surface area (Å²) in [4.78, 5) is 2.42. The van der Waals surface area contributed by atoms with E-state index in [9.17, 15) is 9.50 Å². The highest BCUT2D eigenvalue weighted by molar-refractivity contribution is 5.39. The Balaban J connectivity index is 2.19. The molecule has 1 aromatic rings. The summed E-state index contributed by atoms with van der Waals surface area (Å²) in [6.07, 6.45) is 5.63. The van der Waals surface area contributed by atoms with Crippen molar-refractivity contribution in [3.8, 4) is 5.75 Å². The lowest BCUT2D eigenvalue weighted by molar-refractivity contribution is -0.0278. The lowest BCUT2D eigenvalue weighted by atomic mass is 9.80. The number of likely N-dealkylation sites (tertiary alicyclic amines) is 1. The van der Waals surface area contributed by atoms with E-state index in [-0.39, 0.29) is 11.7 Å². The van der Waals surface area contributed by atoms with Crippen LogP contribution in [0, 0.1) is 11.7 Å². The van der Waals surface area contributed by atoms with E-state index in [1.165, 1.54) is 37.8 Å². The topological polar surface area (TPSA) is 32.7 Å². The lowest BCUT2D eigenvalue weighted by Crippen LogP contribution is -2.38. The van der Waals surface area contributed by atoms with Crippen LogP contribution in [0.15, 0.2) is 18.2 Å². The average Bonchev–Trinajstić information content (AvgIpc) is 2.81. The Morgan fingerprint density at radius 3 is 2.43 bits per heavy atom. The molecule has 1 fully saturated rings. The first-order valence-electron chi connectivity index (χ1n) is 8.76. The van der Waals surface area contributed by atoms with E-state index in [0.29, 0.717) is 17.7 Å². The van der Waals surface area contributed by atoms with Gasteiger partial charge in [0.1, 0.15) is 11.6 Å². The van der Waals surface area contributed by atoms with Crippen LogP contribution in [0.5, 0.6) is 5.75 Å². The summed E-state index contributed by atoms with van der Waals surface area (Å²) in [6.45, 7) is 6.97. The molecule has 2 rings (SSSR count). The van der Waals surface area contributed by atoms with Crippen molar-refractivity contribution in [2.75, 3.05) is 26.7 Å². The van der Waals surface area contributed by atoms with Crippen LogP contribution in [0.25, 0.3) is 0 Å². The van der Waals surface area contributed by atoms with Gasteiger partial charge in [-0.25, -0.2) is 4.39 Å². The Morgan fingerprint density at radius 2 is 1.87 bits per heavy atom. The number of aliphatic hydroxyl groups is 1. The number of rotatable bonds is 6. The first kappa shape index (κ1) is 18.2. The number of hydrogen-bond donors (Lipinski definition) is 1. The maximum Gasteiger partial charge on any atom is 0.125 e. The molecule has 23 heavy (non-hydrogen) atoms. The quantitative estimate of drug-likeness (QED) is 0.860. The van der Waals surface area contributed by atoms with E-state index in [1.807, 2.05) is 13.8 Å². The van der Waals surface area contributed by atoms with Crippen LogP contribution in [-0.2, 0) is 5.60 Å². The number of methoxy groups -OCH3 is 1. The molecule has 1 N–H and O–H groups in total. The molecular weight excluding hydrogens is 293 g/mol. The molecular formula is C19H30FNO2. The molecule has 0 amide bonds. The highest BCUT2D eigenvalue weighted by atomic mass is 19.1. The summed E-state index contributed by atoms with van der Waals surface area (Å²) >= 11 is 0. The number of nitrogens with zero attached hydrogens (tertiary/aromatic N) is 1. The van der Waals surface area contributed by atoms with Crippen LogP contribution in [0.4, 0.5) is 4.39 Å². The van der Waals surface area contributed by atoms with Crippen molar-refractivity contribution in [1.29, 1.82) is 0 Å². The highest BCUT2D eigenvalue weighted by Crippen LogP contribution is 2.39. The van der Waals surface area contributed by atoms with Crippen molar-refractivity contribution in [2.24, 2.45) is 5.92 Å². The molecule has 1 aliphatic heterocycles. The smallest absolute Gasteiger partial charge is 0.125 e. The SMILES string of the molecule is COc1ccc(F)cc1C(O)(CCN1CCCCCC1)C(C)C. The van der Waals surface area contributed by atoms with Gasteiger partial charge in [-0.05, 0) is 56.5 Å². The maximum atomic E-state index is 13.7. The van der Waals surface area contributed by atoms with Crippen molar-refractivity contribution >= 4 is 0 Å². The van der Waals surface area contributed by atoms with Crippen LogP contribution in [0.2, 0.25) is 0 Å². The van der Waals surface area contributed by atoms with E-state index in [4.69, 9.17) is 4.74 Å². The Hall–Kier alpha value is -1.13. The molecule has 1 heterocycles. The van der Waals surface area contributed by atoms with Crippen LogP contribution >= 0.6 is 0 Å². The number of benzene rings is 1. The average molecular weight is 323 g/mol. The van der Waals surface area contributed by atoms with E-state index in [1.54, 1.807) is 13.2 Å². The van der Waals surface area contributed by atoms with Gasteiger partial charge in [-0.1, -0.05) is 26.7 Å². The normalized spacial score (nSPS) is 19.4. The molecule has 0 radical (unpaired) electrons. The van der Waals surface area contributed by atoms with Gasteiger partial charge in [-0.3, -0.25) is 0 Å². The predicted octanol–water partition coefficient (Wildman–Crippen LogP) is 3.94. The van der Waals surface area contributed by atoms with Crippen molar-refractivity contribution < 1.29 is 14.2 Å². The first-order chi connectivity index (χ1) is 11.0. The van der Waals surface area contributed by atoms with Crippen molar-refractivity contribution in [3.63, 3.8) is 0 Å². The standard InChI is InChI=1S/C19H30FNO2/c1-15(2)19(22,10-13-21-11-6-4-5-7-12-21)17-14-16(20)8-9-18(17)23-3/h8-9,14-15,22H,4-7,10-13H2,1-3H3. The largest absolute Gasteiger partial charge is 0.496 e. The van der Waals surface area contributed by atoms with Gasteiger partial charge >= 0.3 is 0 Å². The molecule has 3 nitrogen and oxygen atoms in total. The summed E-state index contributed by atoms with van der Waals surface area (Å²) in [7, 11) is 1.56. The Kier molecular flexibility index (Phi) is 6.42. The highest BCUT2D eigenvalue weighted by Gasteiger charge is 2.36. The van der Waals surface area contributed by atoms with Crippen molar-refractivity contribution in [1.82, 2.24) is 4.90 Å².